The molecule has 0 atom stereocenters. The summed E-state index contributed by atoms with van der Waals surface area (Å²) in [5, 5.41) is 1.09. The quantitative estimate of drug-likeness (QED) is 0.762. The summed E-state index contributed by atoms with van der Waals surface area (Å²) >= 11 is 1.68. The predicted octanol–water partition coefficient (Wildman–Crippen LogP) is 1.65. The zero-order valence-corrected chi connectivity index (χ0v) is 12.2. The molecule has 3 heterocycles. The largest absolute Gasteiger partial charge is 0.507 e. The van der Waals surface area contributed by atoms with Crippen LogP contribution >= 0.6 is 11.3 Å². The van der Waals surface area contributed by atoms with E-state index in [1.165, 1.54) is 6.42 Å². The Hall–Kier alpha value is -0.585. The molecule has 0 saturated carbocycles. The molecular formula is C12H19BN2O2S. The Kier molecular flexibility index (Phi) is 2.73. The van der Waals surface area contributed by atoms with Crippen molar-refractivity contribution in [2.75, 3.05) is 18.0 Å². The highest BCUT2D eigenvalue weighted by Gasteiger charge is 2.52. The van der Waals surface area contributed by atoms with Crippen LogP contribution in [-0.4, -0.2) is 36.4 Å². The van der Waals surface area contributed by atoms with Gasteiger partial charge in [0.25, 0.3) is 0 Å². The number of hydrogen-bond acceptors (Lipinski definition) is 5. The van der Waals surface area contributed by atoms with Crippen molar-refractivity contribution in [1.29, 1.82) is 0 Å². The molecule has 0 amide bonds. The molecule has 6 heteroatoms. The highest BCUT2D eigenvalue weighted by molar-refractivity contribution is 7.25. The first-order chi connectivity index (χ1) is 8.39. The molecule has 18 heavy (non-hydrogen) atoms. The minimum absolute atomic E-state index is 0.275. The summed E-state index contributed by atoms with van der Waals surface area (Å²) < 4.78 is 13.1. The molecule has 2 aliphatic rings. The molecule has 0 N–H and O–H groups in total. The molecule has 98 valence electrons. The van der Waals surface area contributed by atoms with Gasteiger partial charge >= 0.3 is 7.12 Å². The summed E-state index contributed by atoms with van der Waals surface area (Å²) in [5.41, 5.74) is -0.558. The van der Waals surface area contributed by atoms with Crippen LogP contribution in [0.15, 0.2) is 6.20 Å². The van der Waals surface area contributed by atoms with Gasteiger partial charge in [0, 0.05) is 19.3 Å². The molecule has 0 bridgehead atoms. The maximum Gasteiger partial charge on any atom is 0.507 e. The third kappa shape index (κ3) is 1.87. The molecule has 3 rings (SSSR count). The van der Waals surface area contributed by atoms with Gasteiger partial charge in [-0.15, -0.1) is 11.3 Å². The van der Waals surface area contributed by atoms with Crippen LogP contribution < -0.4 is 9.68 Å². The Morgan fingerprint density at radius 3 is 2.33 bits per heavy atom. The van der Waals surface area contributed by atoms with Gasteiger partial charge in [0.2, 0.25) is 0 Å². The van der Waals surface area contributed by atoms with E-state index in [2.05, 4.69) is 37.6 Å². The topological polar surface area (TPSA) is 34.6 Å². The highest BCUT2D eigenvalue weighted by atomic mass is 32.1. The fourth-order valence-electron chi connectivity index (χ4n) is 2.00. The van der Waals surface area contributed by atoms with Crippen LogP contribution in [0.4, 0.5) is 5.13 Å². The second-order valence-corrected chi connectivity index (χ2v) is 7.01. The standard InChI is InChI=1S/C12H19BN2O2S/c1-11(2)12(3,4)17-13(16-11)9-8-14-10(18-9)15-6-5-7-15/h8H,5-7H2,1-4H3. The van der Waals surface area contributed by atoms with Gasteiger partial charge in [0.15, 0.2) is 5.13 Å². The zero-order chi connectivity index (χ0) is 13.0. The van der Waals surface area contributed by atoms with Gasteiger partial charge in [-0.05, 0) is 34.1 Å². The maximum atomic E-state index is 6.02. The highest BCUT2D eigenvalue weighted by Crippen LogP contribution is 2.37. The Labute approximate surface area is 112 Å². The normalized spacial score (nSPS) is 25.3. The fraction of sp³-hybridized carbons (Fsp3) is 0.750. The molecule has 0 aliphatic carbocycles. The van der Waals surface area contributed by atoms with E-state index in [1.54, 1.807) is 11.3 Å². The van der Waals surface area contributed by atoms with Crippen molar-refractivity contribution in [3.8, 4) is 0 Å². The third-order valence-electron chi connectivity index (χ3n) is 4.12. The van der Waals surface area contributed by atoms with Crippen molar-refractivity contribution in [2.45, 2.75) is 45.3 Å². The van der Waals surface area contributed by atoms with E-state index in [0.29, 0.717) is 0 Å². The SMILES string of the molecule is CC1(C)OB(c2cnc(N3CCC3)s2)OC1(C)C. The Balaban J connectivity index is 1.78. The first-order valence-corrected chi connectivity index (χ1v) is 7.27. The minimum Gasteiger partial charge on any atom is -0.399 e. The van der Waals surface area contributed by atoms with Crippen molar-refractivity contribution < 1.29 is 9.31 Å². The summed E-state index contributed by atoms with van der Waals surface area (Å²) in [6.07, 6.45) is 3.16. The van der Waals surface area contributed by atoms with E-state index in [0.717, 1.165) is 23.0 Å². The van der Waals surface area contributed by atoms with E-state index < -0.39 is 0 Å². The summed E-state index contributed by atoms with van der Waals surface area (Å²) in [4.78, 5) is 6.75. The molecular weight excluding hydrogens is 247 g/mol. The number of rotatable bonds is 2. The smallest absolute Gasteiger partial charge is 0.399 e. The molecule has 0 unspecified atom stereocenters. The van der Waals surface area contributed by atoms with Crippen LogP contribution in [0.5, 0.6) is 0 Å². The number of nitrogens with zero attached hydrogens (tertiary/aromatic N) is 2. The summed E-state index contributed by atoms with van der Waals surface area (Å²) in [7, 11) is -0.275. The van der Waals surface area contributed by atoms with Crippen LogP contribution in [0.1, 0.15) is 34.1 Å². The number of aromatic nitrogens is 1. The van der Waals surface area contributed by atoms with Gasteiger partial charge in [-0.3, -0.25) is 0 Å². The van der Waals surface area contributed by atoms with Crippen molar-refractivity contribution in [3.05, 3.63) is 6.20 Å². The number of hydrogen-bond donors (Lipinski definition) is 0. The Bertz CT molecular complexity index is 441. The summed E-state index contributed by atoms with van der Waals surface area (Å²) in [6, 6.07) is 0. The van der Waals surface area contributed by atoms with Crippen molar-refractivity contribution in [2.24, 2.45) is 0 Å². The zero-order valence-electron chi connectivity index (χ0n) is 11.4. The van der Waals surface area contributed by atoms with E-state index in [1.807, 2.05) is 6.20 Å². The van der Waals surface area contributed by atoms with E-state index >= 15 is 0 Å². The van der Waals surface area contributed by atoms with Crippen LogP contribution in [0.3, 0.4) is 0 Å². The molecule has 2 saturated heterocycles. The first kappa shape index (κ1) is 12.4. The molecule has 1 aromatic heterocycles. The molecule has 0 radical (unpaired) electrons. The molecule has 4 nitrogen and oxygen atoms in total. The van der Waals surface area contributed by atoms with Gasteiger partial charge in [0.05, 0.1) is 16.0 Å². The predicted molar refractivity (Wildman–Crippen MR) is 74.7 cm³/mol. The number of thiazole rings is 1. The summed E-state index contributed by atoms with van der Waals surface area (Å²) in [6.45, 7) is 10.5. The lowest BCUT2D eigenvalue weighted by Crippen LogP contribution is -2.41. The average Bonchev–Trinajstić information content (AvgIpc) is 2.68. The van der Waals surface area contributed by atoms with Gasteiger partial charge in [0.1, 0.15) is 0 Å². The van der Waals surface area contributed by atoms with Gasteiger partial charge in [-0.25, -0.2) is 4.98 Å². The van der Waals surface area contributed by atoms with Crippen molar-refractivity contribution >= 4 is 28.4 Å². The van der Waals surface area contributed by atoms with Crippen LogP contribution in [0, 0.1) is 0 Å². The van der Waals surface area contributed by atoms with Crippen LogP contribution in [-0.2, 0) is 9.31 Å². The van der Waals surface area contributed by atoms with E-state index in [9.17, 15) is 0 Å². The van der Waals surface area contributed by atoms with Crippen molar-refractivity contribution in [1.82, 2.24) is 4.98 Å². The molecule has 2 fully saturated rings. The number of anilines is 1. The van der Waals surface area contributed by atoms with E-state index in [-0.39, 0.29) is 18.3 Å². The lowest BCUT2D eigenvalue weighted by atomic mass is 9.89. The third-order valence-corrected chi connectivity index (χ3v) is 5.20. The van der Waals surface area contributed by atoms with Gasteiger partial charge < -0.3 is 14.2 Å². The molecule has 2 aliphatic heterocycles. The van der Waals surface area contributed by atoms with Gasteiger partial charge in [-0.2, -0.15) is 0 Å². The van der Waals surface area contributed by atoms with Gasteiger partial charge in [-0.1, -0.05) is 0 Å². The van der Waals surface area contributed by atoms with Crippen molar-refractivity contribution in [3.63, 3.8) is 0 Å². The molecule has 0 spiro atoms. The Morgan fingerprint density at radius 1 is 1.22 bits per heavy atom. The average molecular weight is 266 g/mol. The lowest BCUT2D eigenvalue weighted by molar-refractivity contribution is 0.00578. The van der Waals surface area contributed by atoms with E-state index in [4.69, 9.17) is 9.31 Å². The monoisotopic (exact) mass is 266 g/mol. The molecule has 0 aromatic carbocycles. The molecule has 1 aromatic rings. The fourth-order valence-corrected chi connectivity index (χ4v) is 2.92. The second-order valence-electron chi connectivity index (χ2n) is 5.97. The first-order valence-electron chi connectivity index (χ1n) is 6.45. The van der Waals surface area contributed by atoms with Crippen LogP contribution in [0.25, 0.3) is 0 Å². The Morgan fingerprint density at radius 2 is 1.83 bits per heavy atom. The minimum atomic E-state index is -0.279. The second kappa shape index (κ2) is 3.95. The maximum absolute atomic E-state index is 6.02. The summed E-state index contributed by atoms with van der Waals surface area (Å²) in [5.74, 6) is 0. The van der Waals surface area contributed by atoms with Crippen LogP contribution in [0.2, 0.25) is 0 Å². The lowest BCUT2D eigenvalue weighted by Gasteiger charge is -2.32.